The fraction of sp³-hybridized carbons (Fsp3) is 0.776. The van der Waals surface area contributed by atoms with Gasteiger partial charge in [0.05, 0.1) is 19.2 Å². The van der Waals surface area contributed by atoms with E-state index in [1.54, 1.807) is 60.6 Å². The highest BCUT2D eigenvalue weighted by molar-refractivity contribution is 5.99. The highest BCUT2D eigenvalue weighted by Crippen LogP contribution is 2.25. The van der Waals surface area contributed by atoms with Gasteiger partial charge in [0.1, 0.15) is 54.4 Å². The lowest BCUT2D eigenvalue weighted by molar-refractivity contribution is -0.157. The summed E-state index contributed by atoms with van der Waals surface area (Å²) in [5, 5.41) is 22.7. The molecule has 0 saturated carbocycles. The van der Waals surface area contributed by atoms with Crippen molar-refractivity contribution in [1.82, 2.24) is 55.6 Å². The number of nitrogens with one attached hydrogen (secondary N) is 4. The first-order valence-corrected chi connectivity index (χ1v) is 28.7. The lowest BCUT2D eigenvalue weighted by atomic mass is 9.91. The summed E-state index contributed by atoms with van der Waals surface area (Å²) in [7, 11) is 9.79. The number of carbonyl (C=O) groups is 11. The maximum absolute atomic E-state index is 15.1. The maximum Gasteiger partial charge on any atom is 0.246 e. The van der Waals surface area contributed by atoms with Crippen LogP contribution in [0.25, 0.3) is 0 Å². The second kappa shape index (κ2) is 33.1. The molecule has 0 radical (unpaired) electrons. The molecule has 462 valence electrons. The lowest BCUT2D eigenvalue weighted by Crippen LogP contribution is -2.63. The van der Waals surface area contributed by atoms with E-state index in [-0.39, 0.29) is 43.4 Å². The number of rotatable bonds is 13. The smallest absolute Gasteiger partial charge is 0.246 e. The van der Waals surface area contributed by atoms with Crippen molar-refractivity contribution in [2.24, 2.45) is 35.5 Å². The second-order valence-electron chi connectivity index (χ2n) is 24.3. The van der Waals surface area contributed by atoms with E-state index >= 15 is 9.59 Å². The van der Waals surface area contributed by atoms with Crippen molar-refractivity contribution >= 4 is 65.0 Å². The monoisotopic (exact) mass is 1150 g/mol. The summed E-state index contributed by atoms with van der Waals surface area (Å²) < 4.78 is 0. The van der Waals surface area contributed by atoms with Crippen LogP contribution in [0.1, 0.15) is 136 Å². The number of amides is 11. The molecule has 1 heterocycles. The van der Waals surface area contributed by atoms with Gasteiger partial charge in [-0.15, -0.1) is 0 Å². The molecule has 11 atom stereocenters. The quantitative estimate of drug-likeness (QED) is 0.165. The van der Waals surface area contributed by atoms with Gasteiger partial charge in [-0.3, -0.25) is 52.7 Å². The van der Waals surface area contributed by atoms with Gasteiger partial charge in [-0.25, -0.2) is 0 Å². The minimum atomic E-state index is -1.61. The normalized spacial score (nSPS) is 26.6. The topological polar surface area (TPSA) is 279 Å². The van der Waals surface area contributed by atoms with E-state index in [4.69, 9.17) is 0 Å². The summed E-state index contributed by atoms with van der Waals surface area (Å²) in [5.41, 5.74) is 0. The molecule has 0 bridgehead atoms. The van der Waals surface area contributed by atoms with Crippen LogP contribution in [-0.4, -0.2) is 227 Å². The number of nitrogens with zero attached hydrogens (tertiary/aromatic N) is 7. The van der Waals surface area contributed by atoms with Gasteiger partial charge >= 0.3 is 0 Å². The summed E-state index contributed by atoms with van der Waals surface area (Å²) in [6.07, 6.45) is 2.89. The molecule has 0 spiro atoms. The summed E-state index contributed by atoms with van der Waals surface area (Å²) in [6, 6.07) is -11.1. The Hall–Kier alpha value is -6.13. The Kier molecular flexibility index (Phi) is 29.8. The van der Waals surface area contributed by atoms with Crippen molar-refractivity contribution in [1.29, 1.82) is 0 Å². The average molecular weight is 1150 g/mol. The molecule has 23 heteroatoms. The van der Waals surface area contributed by atoms with Gasteiger partial charge in [-0.2, -0.15) is 0 Å². The van der Waals surface area contributed by atoms with Crippen LogP contribution in [0.5, 0.6) is 0 Å². The molecule has 0 aromatic rings. The van der Waals surface area contributed by atoms with Crippen LogP contribution < -0.4 is 21.3 Å². The number of carbonyl (C=O) groups excluding carboxylic acids is 11. The van der Waals surface area contributed by atoms with Gasteiger partial charge in [0, 0.05) is 49.3 Å². The Morgan fingerprint density at radius 3 is 1.43 bits per heavy atom. The fourth-order valence-corrected chi connectivity index (χ4v) is 9.93. The first kappa shape index (κ1) is 72.9. The standard InChI is InChI=1S/C58H103N11O12/c1-23-25-26-37(13)49(72)48-52(75)61-40(24-2)54(77)64(17)31-45(71)65(18)41(27-32(3)4)51(74)62-46(35(9)10)57(80)63(16)30-44(70)59-38(14)50(73)60-39(15)53(76)66(19)42(28-33(5)6)55(78)67(20)43(29-34(7)8)56(79)68(21)47(36(11)12)58(81)69(48)22/h23,25,32-43,46-49,72H,24,26-31H2,1-22H3,(H,59,70)(H,60,73)(H,61,75)(H,62,74)/b25-23+/t37-,38+,39-,40+,41+,42+,43+,46+,47+,48+,49-/m1/s1. The van der Waals surface area contributed by atoms with Crippen molar-refractivity contribution in [3.63, 3.8) is 0 Å². The Morgan fingerprint density at radius 2 is 0.963 bits per heavy atom. The van der Waals surface area contributed by atoms with Crippen LogP contribution in [0.15, 0.2) is 12.2 Å². The second-order valence-corrected chi connectivity index (χ2v) is 24.3. The SMILES string of the molecule is C/C=C/C[C@@H](C)[C@@H](O)[C@H]1C(=O)N[C@@H](CC)C(=O)N(C)CC(=O)N(C)[C@@H](CC(C)C)C(=O)N[C@@H](C(C)C)C(=O)N(C)CC(=O)N[C@@H](C)C(=O)N[C@H](C)C(=O)N(C)[C@@H](CC(C)C)C(=O)N(C)[C@@H](CC(C)C)C(=O)N(C)[C@@H](C(C)C)C(=O)N1C. The van der Waals surface area contributed by atoms with Gasteiger partial charge in [-0.05, 0) is 88.4 Å². The third kappa shape index (κ3) is 20.7. The highest BCUT2D eigenvalue weighted by atomic mass is 16.3. The molecule has 1 aliphatic heterocycles. The van der Waals surface area contributed by atoms with Crippen LogP contribution >= 0.6 is 0 Å². The number of aliphatic hydroxyl groups excluding tert-OH is 1. The fourth-order valence-electron chi connectivity index (χ4n) is 9.93. The molecule has 1 aliphatic rings. The van der Waals surface area contributed by atoms with E-state index in [9.17, 15) is 48.3 Å². The van der Waals surface area contributed by atoms with E-state index in [0.717, 1.165) is 14.7 Å². The molecule has 5 N–H and O–H groups in total. The average Bonchev–Trinajstić information content (AvgIpc) is 3.39. The predicted molar refractivity (Wildman–Crippen MR) is 310 cm³/mol. The predicted octanol–water partition coefficient (Wildman–Crippen LogP) is 1.85. The molecule has 23 nitrogen and oxygen atoms in total. The summed E-state index contributed by atoms with van der Waals surface area (Å²) >= 11 is 0. The van der Waals surface area contributed by atoms with Gasteiger partial charge in [0.25, 0.3) is 0 Å². The third-order valence-electron chi connectivity index (χ3n) is 15.0. The Morgan fingerprint density at radius 1 is 0.494 bits per heavy atom. The largest absolute Gasteiger partial charge is 0.390 e. The molecular formula is C58H103N11O12. The van der Waals surface area contributed by atoms with Gasteiger partial charge in [-0.1, -0.05) is 95.2 Å². The summed E-state index contributed by atoms with van der Waals surface area (Å²) in [4.78, 5) is 166. The van der Waals surface area contributed by atoms with E-state index in [0.29, 0.717) is 6.42 Å². The van der Waals surface area contributed by atoms with E-state index < -0.39 is 156 Å². The molecule has 0 aromatic carbocycles. The number of hydrogen-bond acceptors (Lipinski definition) is 12. The Bertz CT molecular complexity index is 2220. The van der Waals surface area contributed by atoms with Crippen LogP contribution in [0, 0.1) is 35.5 Å². The molecule has 1 rings (SSSR count). The molecule has 0 unspecified atom stereocenters. The minimum Gasteiger partial charge on any atom is -0.390 e. The molecule has 11 amide bonds. The maximum atomic E-state index is 15.1. The highest BCUT2D eigenvalue weighted by Gasteiger charge is 2.45. The first-order valence-electron chi connectivity index (χ1n) is 28.7. The lowest BCUT2D eigenvalue weighted by Gasteiger charge is -2.41. The van der Waals surface area contributed by atoms with Crippen molar-refractivity contribution < 1.29 is 57.8 Å². The zero-order chi connectivity index (χ0) is 62.8. The van der Waals surface area contributed by atoms with Gasteiger partial charge < -0.3 is 60.7 Å². The Balaban J connectivity index is 4.20. The number of hydrogen-bond donors (Lipinski definition) is 5. The molecule has 1 fully saturated rings. The summed E-state index contributed by atoms with van der Waals surface area (Å²) in [6.45, 7) is 24.9. The number of allylic oxidation sites excluding steroid dienone is 2. The summed E-state index contributed by atoms with van der Waals surface area (Å²) in [5.74, 6) is -9.63. The zero-order valence-electron chi connectivity index (χ0n) is 52.9. The zero-order valence-corrected chi connectivity index (χ0v) is 52.9. The Labute approximate surface area is 483 Å². The molecule has 0 aliphatic carbocycles. The third-order valence-corrected chi connectivity index (χ3v) is 15.0. The van der Waals surface area contributed by atoms with Crippen molar-refractivity contribution in [3.8, 4) is 0 Å². The van der Waals surface area contributed by atoms with E-state index in [1.807, 2.05) is 41.5 Å². The van der Waals surface area contributed by atoms with Crippen LogP contribution in [0.4, 0.5) is 0 Å². The van der Waals surface area contributed by atoms with Crippen LogP contribution in [0.2, 0.25) is 0 Å². The first-order chi connectivity index (χ1) is 37.4. The van der Waals surface area contributed by atoms with Crippen LogP contribution in [0.3, 0.4) is 0 Å². The van der Waals surface area contributed by atoms with Gasteiger partial charge in [0.15, 0.2) is 0 Å². The van der Waals surface area contributed by atoms with Gasteiger partial charge in [0.2, 0.25) is 65.0 Å². The van der Waals surface area contributed by atoms with E-state index in [2.05, 4.69) is 21.3 Å². The molecular weight excluding hydrogens is 1040 g/mol. The minimum absolute atomic E-state index is 0.0248. The molecule has 81 heavy (non-hydrogen) atoms. The van der Waals surface area contributed by atoms with E-state index in [1.165, 1.54) is 82.8 Å². The van der Waals surface area contributed by atoms with Crippen LogP contribution in [-0.2, 0) is 52.7 Å². The molecule has 1 saturated heterocycles. The van der Waals surface area contributed by atoms with Crippen molar-refractivity contribution in [2.75, 3.05) is 62.4 Å². The van der Waals surface area contributed by atoms with Crippen molar-refractivity contribution in [2.45, 2.75) is 196 Å². The molecule has 0 aromatic heterocycles. The number of aliphatic hydroxyl groups is 1. The number of likely N-dealkylation sites (N-methyl/N-ethyl adjacent to an activating group) is 7. The van der Waals surface area contributed by atoms with Crippen molar-refractivity contribution in [3.05, 3.63) is 12.2 Å².